The number of amides is 1. The number of benzene rings is 2. The SMILES string of the molecule is COc1ccc(OC)c(C(C)NC(=O)CN(c2ccc3c(c2)OCCO3)S(C)(=O)=O)c1. The minimum atomic E-state index is -3.73. The van der Waals surface area contributed by atoms with E-state index in [0.717, 1.165) is 10.6 Å². The normalized spacial score (nSPS) is 13.8. The average molecular weight is 451 g/mol. The summed E-state index contributed by atoms with van der Waals surface area (Å²) in [4.78, 5) is 12.8. The van der Waals surface area contributed by atoms with Gasteiger partial charge in [-0.3, -0.25) is 9.10 Å². The van der Waals surface area contributed by atoms with Crippen LogP contribution in [0.15, 0.2) is 36.4 Å². The van der Waals surface area contributed by atoms with Crippen molar-refractivity contribution in [3.05, 3.63) is 42.0 Å². The van der Waals surface area contributed by atoms with Crippen LogP contribution >= 0.6 is 0 Å². The molecule has 0 bridgehead atoms. The lowest BCUT2D eigenvalue weighted by atomic mass is 10.1. The van der Waals surface area contributed by atoms with Gasteiger partial charge < -0.3 is 24.3 Å². The summed E-state index contributed by atoms with van der Waals surface area (Å²) in [5, 5.41) is 2.82. The number of ether oxygens (including phenoxy) is 4. The van der Waals surface area contributed by atoms with E-state index in [-0.39, 0.29) is 0 Å². The van der Waals surface area contributed by atoms with E-state index in [2.05, 4.69) is 5.32 Å². The Morgan fingerprint density at radius 2 is 1.81 bits per heavy atom. The molecular weight excluding hydrogens is 424 g/mol. The Morgan fingerprint density at radius 1 is 1.10 bits per heavy atom. The third-order valence-electron chi connectivity index (χ3n) is 4.78. The zero-order valence-electron chi connectivity index (χ0n) is 17.9. The van der Waals surface area contributed by atoms with E-state index in [1.165, 1.54) is 7.11 Å². The van der Waals surface area contributed by atoms with Crippen molar-refractivity contribution >= 4 is 21.6 Å². The molecule has 1 aliphatic rings. The number of fused-ring (bicyclic) bond motifs is 1. The highest BCUT2D eigenvalue weighted by atomic mass is 32.2. The topological polar surface area (TPSA) is 103 Å². The number of nitrogens with one attached hydrogen (secondary N) is 1. The van der Waals surface area contributed by atoms with Gasteiger partial charge in [0.1, 0.15) is 31.3 Å². The van der Waals surface area contributed by atoms with Crippen LogP contribution < -0.4 is 28.6 Å². The second-order valence-electron chi connectivity index (χ2n) is 6.99. The number of carbonyl (C=O) groups is 1. The van der Waals surface area contributed by atoms with E-state index in [1.807, 2.05) is 0 Å². The second kappa shape index (κ2) is 9.34. The van der Waals surface area contributed by atoms with Gasteiger partial charge in [0, 0.05) is 11.6 Å². The lowest BCUT2D eigenvalue weighted by Crippen LogP contribution is -2.41. The quantitative estimate of drug-likeness (QED) is 0.657. The fourth-order valence-corrected chi connectivity index (χ4v) is 4.11. The Hall–Kier alpha value is -3.14. The first kappa shape index (κ1) is 22.5. The number of rotatable bonds is 8. The van der Waals surface area contributed by atoms with Gasteiger partial charge in [0.15, 0.2) is 11.5 Å². The van der Waals surface area contributed by atoms with Crippen molar-refractivity contribution in [2.24, 2.45) is 0 Å². The molecule has 168 valence electrons. The highest BCUT2D eigenvalue weighted by Crippen LogP contribution is 2.35. The van der Waals surface area contributed by atoms with Crippen molar-refractivity contribution in [1.82, 2.24) is 5.32 Å². The van der Waals surface area contributed by atoms with Crippen LogP contribution in [-0.2, 0) is 14.8 Å². The monoisotopic (exact) mass is 450 g/mol. The minimum Gasteiger partial charge on any atom is -0.497 e. The smallest absolute Gasteiger partial charge is 0.241 e. The first-order valence-corrected chi connectivity index (χ1v) is 11.5. The van der Waals surface area contributed by atoms with Gasteiger partial charge in [-0.25, -0.2) is 8.42 Å². The number of methoxy groups -OCH3 is 2. The second-order valence-corrected chi connectivity index (χ2v) is 8.90. The summed E-state index contributed by atoms with van der Waals surface area (Å²) < 4.78 is 47.5. The van der Waals surface area contributed by atoms with Crippen LogP contribution in [0, 0.1) is 0 Å². The van der Waals surface area contributed by atoms with Gasteiger partial charge in [-0.05, 0) is 37.3 Å². The van der Waals surface area contributed by atoms with Gasteiger partial charge in [-0.2, -0.15) is 0 Å². The van der Waals surface area contributed by atoms with Gasteiger partial charge in [-0.1, -0.05) is 0 Å². The van der Waals surface area contributed by atoms with Crippen molar-refractivity contribution in [2.75, 3.05) is 44.5 Å². The van der Waals surface area contributed by atoms with Gasteiger partial charge in [0.05, 0.1) is 32.2 Å². The molecule has 3 rings (SSSR count). The third-order valence-corrected chi connectivity index (χ3v) is 5.92. The molecule has 1 aliphatic heterocycles. The summed E-state index contributed by atoms with van der Waals surface area (Å²) >= 11 is 0. The molecule has 2 aromatic rings. The first-order chi connectivity index (χ1) is 14.7. The first-order valence-electron chi connectivity index (χ1n) is 9.61. The maximum Gasteiger partial charge on any atom is 0.241 e. The van der Waals surface area contributed by atoms with E-state index in [9.17, 15) is 13.2 Å². The maximum absolute atomic E-state index is 12.8. The third kappa shape index (κ3) is 5.32. The molecule has 9 nitrogen and oxygen atoms in total. The summed E-state index contributed by atoms with van der Waals surface area (Å²) in [6, 6.07) is 9.58. The van der Waals surface area contributed by atoms with Crippen molar-refractivity contribution < 1.29 is 32.2 Å². The molecule has 1 atom stereocenters. The molecule has 0 saturated carbocycles. The van der Waals surface area contributed by atoms with Crippen LogP contribution in [0.4, 0.5) is 5.69 Å². The molecule has 0 saturated heterocycles. The number of nitrogens with zero attached hydrogens (tertiary/aromatic N) is 1. The Kier molecular flexibility index (Phi) is 6.79. The average Bonchev–Trinajstić information content (AvgIpc) is 2.75. The zero-order valence-corrected chi connectivity index (χ0v) is 18.7. The molecule has 1 N–H and O–H groups in total. The fraction of sp³-hybridized carbons (Fsp3) is 0.381. The molecule has 0 spiro atoms. The highest BCUT2D eigenvalue weighted by molar-refractivity contribution is 7.92. The van der Waals surface area contributed by atoms with E-state index < -0.39 is 28.5 Å². The molecule has 0 fully saturated rings. The Morgan fingerprint density at radius 3 is 2.45 bits per heavy atom. The van der Waals surface area contributed by atoms with Crippen molar-refractivity contribution in [2.45, 2.75) is 13.0 Å². The standard InChI is InChI=1S/C21H26N2O7S/c1-14(17-12-16(27-2)6-8-18(17)28-3)22-21(24)13-23(31(4,25)26)15-5-7-19-20(11-15)30-10-9-29-19/h5-8,11-12,14H,9-10,13H2,1-4H3,(H,22,24). The van der Waals surface area contributed by atoms with Gasteiger partial charge >= 0.3 is 0 Å². The van der Waals surface area contributed by atoms with Crippen LogP contribution in [0.5, 0.6) is 23.0 Å². The molecule has 2 aromatic carbocycles. The van der Waals surface area contributed by atoms with Crippen LogP contribution in [0.2, 0.25) is 0 Å². The number of anilines is 1. The van der Waals surface area contributed by atoms with Crippen molar-refractivity contribution in [3.8, 4) is 23.0 Å². The Balaban J connectivity index is 1.79. The largest absolute Gasteiger partial charge is 0.497 e. The molecule has 1 unspecified atom stereocenters. The molecular formula is C21H26N2O7S. The lowest BCUT2D eigenvalue weighted by Gasteiger charge is -2.25. The molecule has 0 aliphatic carbocycles. The van der Waals surface area contributed by atoms with Gasteiger partial charge in [0.25, 0.3) is 0 Å². The summed E-state index contributed by atoms with van der Waals surface area (Å²) in [5.41, 5.74) is 1.02. The molecule has 31 heavy (non-hydrogen) atoms. The predicted octanol–water partition coefficient (Wildman–Crippen LogP) is 2.12. The molecule has 1 amide bonds. The minimum absolute atomic E-state index is 0.313. The zero-order chi connectivity index (χ0) is 22.6. The van der Waals surface area contributed by atoms with Crippen LogP contribution in [0.1, 0.15) is 18.5 Å². The molecule has 0 aromatic heterocycles. The van der Waals surface area contributed by atoms with Gasteiger partial charge in [-0.15, -0.1) is 0 Å². The summed E-state index contributed by atoms with van der Waals surface area (Å²) in [5.74, 6) is 1.70. The maximum atomic E-state index is 12.8. The number of hydrogen-bond acceptors (Lipinski definition) is 7. The fourth-order valence-electron chi connectivity index (χ4n) is 3.26. The number of sulfonamides is 1. The molecule has 0 radical (unpaired) electrons. The lowest BCUT2D eigenvalue weighted by molar-refractivity contribution is -0.120. The highest BCUT2D eigenvalue weighted by Gasteiger charge is 2.24. The van der Waals surface area contributed by atoms with Crippen LogP contribution in [-0.4, -0.2) is 54.6 Å². The summed E-state index contributed by atoms with van der Waals surface area (Å²) in [6.07, 6.45) is 1.05. The van der Waals surface area contributed by atoms with E-state index >= 15 is 0 Å². The molecule has 1 heterocycles. The van der Waals surface area contributed by atoms with E-state index in [0.29, 0.717) is 47.5 Å². The Bertz CT molecular complexity index is 1060. The Labute approximate surface area is 181 Å². The number of hydrogen-bond donors (Lipinski definition) is 1. The van der Waals surface area contributed by atoms with Crippen LogP contribution in [0.25, 0.3) is 0 Å². The summed E-state index contributed by atoms with van der Waals surface area (Å²) in [7, 11) is -0.649. The molecule has 10 heteroatoms. The predicted molar refractivity (Wildman–Crippen MR) is 116 cm³/mol. The summed E-state index contributed by atoms with van der Waals surface area (Å²) in [6.45, 7) is 2.19. The van der Waals surface area contributed by atoms with Gasteiger partial charge in [0.2, 0.25) is 15.9 Å². The number of carbonyl (C=O) groups excluding carboxylic acids is 1. The van der Waals surface area contributed by atoms with Crippen molar-refractivity contribution in [1.29, 1.82) is 0 Å². The van der Waals surface area contributed by atoms with E-state index in [1.54, 1.807) is 50.4 Å². The van der Waals surface area contributed by atoms with Crippen LogP contribution in [0.3, 0.4) is 0 Å². The van der Waals surface area contributed by atoms with E-state index in [4.69, 9.17) is 18.9 Å². The van der Waals surface area contributed by atoms with Crippen molar-refractivity contribution in [3.63, 3.8) is 0 Å².